The lowest BCUT2D eigenvalue weighted by Crippen LogP contribution is -2.28. The van der Waals surface area contributed by atoms with Crippen LogP contribution in [0.25, 0.3) is 0 Å². The lowest BCUT2D eigenvalue weighted by molar-refractivity contribution is 0.0913. The number of carbonyl (C=O) groups excluding carboxylic acids is 1. The zero-order valence-corrected chi connectivity index (χ0v) is 13.0. The first-order valence-corrected chi connectivity index (χ1v) is 7.89. The Kier molecular flexibility index (Phi) is 5.82. The summed E-state index contributed by atoms with van der Waals surface area (Å²) < 4.78 is 5.61. The van der Waals surface area contributed by atoms with Crippen LogP contribution in [0.1, 0.15) is 49.4 Å². The molecule has 21 heavy (non-hydrogen) atoms. The van der Waals surface area contributed by atoms with E-state index in [9.17, 15) is 9.90 Å². The molecule has 1 aromatic heterocycles. The summed E-state index contributed by atoms with van der Waals surface area (Å²) >= 11 is 0. The zero-order valence-electron chi connectivity index (χ0n) is 13.0. The van der Waals surface area contributed by atoms with Gasteiger partial charge in [0, 0.05) is 6.54 Å². The number of hydrogen-bond donors (Lipinski definition) is 2. The van der Waals surface area contributed by atoms with E-state index in [1.54, 1.807) is 6.07 Å². The van der Waals surface area contributed by atoms with Crippen LogP contribution < -0.4 is 5.32 Å². The van der Waals surface area contributed by atoms with Crippen molar-refractivity contribution in [2.24, 2.45) is 5.92 Å². The van der Waals surface area contributed by atoms with Gasteiger partial charge in [-0.05, 0) is 50.4 Å². The summed E-state index contributed by atoms with van der Waals surface area (Å²) in [5.74, 6) is 1.41. The smallest absolute Gasteiger partial charge is 0.287 e. The molecule has 2 unspecified atom stereocenters. The summed E-state index contributed by atoms with van der Waals surface area (Å²) in [7, 11) is 0. The second-order valence-corrected chi connectivity index (χ2v) is 5.77. The topological polar surface area (TPSA) is 65.7 Å². The van der Waals surface area contributed by atoms with E-state index in [2.05, 4.69) is 24.1 Å². The highest BCUT2D eigenvalue weighted by Gasteiger charge is 2.23. The summed E-state index contributed by atoms with van der Waals surface area (Å²) in [6.07, 6.45) is 2.41. The van der Waals surface area contributed by atoms with E-state index < -0.39 is 0 Å². The van der Waals surface area contributed by atoms with E-state index in [4.69, 9.17) is 4.42 Å². The Morgan fingerprint density at radius 3 is 2.76 bits per heavy atom. The first kappa shape index (κ1) is 16.0. The molecule has 0 aliphatic heterocycles. The average molecular weight is 294 g/mol. The molecular formula is C16H26N2O3. The third-order valence-electron chi connectivity index (χ3n) is 4.22. The number of carbonyl (C=O) groups is 1. The third-order valence-corrected chi connectivity index (χ3v) is 4.22. The molecule has 0 saturated heterocycles. The van der Waals surface area contributed by atoms with Crippen LogP contribution in [-0.2, 0) is 6.54 Å². The van der Waals surface area contributed by atoms with Crippen LogP contribution in [0.5, 0.6) is 0 Å². The highest BCUT2D eigenvalue weighted by atomic mass is 16.4. The first-order chi connectivity index (χ1) is 10.1. The van der Waals surface area contributed by atoms with Gasteiger partial charge in [-0.15, -0.1) is 0 Å². The Morgan fingerprint density at radius 2 is 2.14 bits per heavy atom. The number of furan rings is 1. The largest absolute Gasteiger partial charge is 0.455 e. The number of rotatable bonds is 7. The van der Waals surface area contributed by atoms with Crippen LogP contribution in [-0.4, -0.2) is 41.7 Å². The van der Waals surface area contributed by atoms with Gasteiger partial charge in [0.05, 0.1) is 12.6 Å². The molecule has 1 heterocycles. The quantitative estimate of drug-likeness (QED) is 0.807. The fourth-order valence-electron chi connectivity index (χ4n) is 2.81. The third kappa shape index (κ3) is 4.58. The molecule has 2 atom stereocenters. The maximum absolute atomic E-state index is 12.0. The maximum Gasteiger partial charge on any atom is 0.287 e. The van der Waals surface area contributed by atoms with Crippen molar-refractivity contribution in [3.05, 3.63) is 23.7 Å². The predicted octanol–water partition coefficient (Wildman–Crippen LogP) is 2.01. The summed E-state index contributed by atoms with van der Waals surface area (Å²) in [6.45, 7) is 7.48. The molecule has 1 aromatic rings. The summed E-state index contributed by atoms with van der Waals surface area (Å²) in [5.41, 5.74) is 0. The van der Waals surface area contributed by atoms with Gasteiger partial charge in [-0.25, -0.2) is 0 Å². The zero-order chi connectivity index (χ0) is 15.2. The molecule has 2 N–H and O–H groups in total. The van der Waals surface area contributed by atoms with Gasteiger partial charge in [0.25, 0.3) is 5.91 Å². The Balaban J connectivity index is 1.81. The number of nitrogens with one attached hydrogen (secondary N) is 1. The van der Waals surface area contributed by atoms with Gasteiger partial charge in [0.2, 0.25) is 0 Å². The van der Waals surface area contributed by atoms with Crippen molar-refractivity contribution in [1.29, 1.82) is 0 Å². The van der Waals surface area contributed by atoms with Crippen molar-refractivity contribution in [2.75, 3.05) is 19.6 Å². The molecule has 5 nitrogen and oxygen atoms in total. The van der Waals surface area contributed by atoms with Crippen molar-refractivity contribution in [2.45, 2.75) is 45.8 Å². The van der Waals surface area contributed by atoms with Gasteiger partial charge < -0.3 is 14.8 Å². The number of aliphatic hydroxyl groups excluding tert-OH is 1. The van der Waals surface area contributed by atoms with Crippen LogP contribution in [0, 0.1) is 5.92 Å². The minimum absolute atomic E-state index is 0.165. The van der Waals surface area contributed by atoms with Crippen molar-refractivity contribution in [3.8, 4) is 0 Å². The number of aliphatic hydroxyl groups is 1. The second kappa shape index (κ2) is 7.61. The fourth-order valence-corrected chi connectivity index (χ4v) is 2.81. The van der Waals surface area contributed by atoms with E-state index in [1.165, 1.54) is 0 Å². The molecular weight excluding hydrogens is 268 g/mol. The monoisotopic (exact) mass is 294 g/mol. The molecule has 1 amide bonds. The first-order valence-electron chi connectivity index (χ1n) is 7.89. The van der Waals surface area contributed by atoms with Gasteiger partial charge in [-0.1, -0.05) is 13.8 Å². The van der Waals surface area contributed by atoms with Crippen LogP contribution in [0.4, 0.5) is 0 Å². The van der Waals surface area contributed by atoms with E-state index in [0.29, 0.717) is 18.2 Å². The average Bonchev–Trinajstić information content (AvgIpc) is 3.11. The van der Waals surface area contributed by atoms with Crippen molar-refractivity contribution < 1.29 is 14.3 Å². The molecule has 0 radical (unpaired) electrons. The standard InChI is InChI=1S/C16H26N2O3/c1-3-18(4-2)11-14-7-8-15(21-14)16(20)17-10-12-5-6-13(19)9-12/h7-8,12-13,19H,3-6,9-11H2,1-2H3,(H,17,20). The summed E-state index contributed by atoms with van der Waals surface area (Å²) in [4.78, 5) is 14.3. The summed E-state index contributed by atoms with van der Waals surface area (Å²) in [5, 5.41) is 12.4. The molecule has 0 bridgehead atoms. The van der Waals surface area contributed by atoms with Crippen LogP contribution in [0.3, 0.4) is 0 Å². The SMILES string of the molecule is CCN(CC)Cc1ccc(C(=O)NCC2CCC(O)C2)o1. The normalized spacial score (nSPS) is 21.9. The van der Waals surface area contributed by atoms with Crippen molar-refractivity contribution >= 4 is 5.91 Å². The Bertz CT molecular complexity index is 454. The van der Waals surface area contributed by atoms with Gasteiger partial charge in [0.1, 0.15) is 5.76 Å². The Labute approximate surface area is 126 Å². The lowest BCUT2D eigenvalue weighted by Gasteiger charge is -2.15. The van der Waals surface area contributed by atoms with Crippen LogP contribution in [0.2, 0.25) is 0 Å². The van der Waals surface area contributed by atoms with Gasteiger partial charge in [-0.3, -0.25) is 9.69 Å². The Hall–Kier alpha value is -1.33. The van der Waals surface area contributed by atoms with E-state index in [1.807, 2.05) is 6.07 Å². The summed E-state index contributed by atoms with van der Waals surface area (Å²) in [6, 6.07) is 3.60. The molecule has 1 aliphatic rings. The van der Waals surface area contributed by atoms with Crippen LogP contribution in [0.15, 0.2) is 16.5 Å². The van der Waals surface area contributed by atoms with Gasteiger partial charge >= 0.3 is 0 Å². The van der Waals surface area contributed by atoms with Crippen molar-refractivity contribution in [3.63, 3.8) is 0 Å². The van der Waals surface area contributed by atoms with E-state index in [0.717, 1.165) is 44.7 Å². The molecule has 1 fully saturated rings. The maximum atomic E-state index is 12.0. The highest BCUT2D eigenvalue weighted by Crippen LogP contribution is 2.24. The Morgan fingerprint density at radius 1 is 1.38 bits per heavy atom. The van der Waals surface area contributed by atoms with Gasteiger partial charge in [0.15, 0.2) is 5.76 Å². The fraction of sp³-hybridized carbons (Fsp3) is 0.688. The predicted molar refractivity (Wildman–Crippen MR) is 81.0 cm³/mol. The minimum Gasteiger partial charge on any atom is -0.455 e. The second-order valence-electron chi connectivity index (χ2n) is 5.77. The molecule has 1 aliphatic carbocycles. The number of nitrogens with zero attached hydrogens (tertiary/aromatic N) is 1. The molecule has 1 saturated carbocycles. The lowest BCUT2D eigenvalue weighted by atomic mass is 10.1. The van der Waals surface area contributed by atoms with Crippen molar-refractivity contribution in [1.82, 2.24) is 10.2 Å². The van der Waals surface area contributed by atoms with E-state index in [-0.39, 0.29) is 12.0 Å². The molecule has 2 rings (SSSR count). The molecule has 0 spiro atoms. The molecule has 118 valence electrons. The number of hydrogen-bond acceptors (Lipinski definition) is 4. The van der Waals surface area contributed by atoms with Crippen LogP contribution >= 0.6 is 0 Å². The van der Waals surface area contributed by atoms with Gasteiger partial charge in [-0.2, -0.15) is 0 Å². The van der Waals surface area contributed by atoms with E-state index >= 15 is 0 Å². The molecule has 5 heteroatoms. The molecule has 0 aromatic carbocycles. The highest BCUT2D eigenvalue weighted by molar-refractivity contribution is 5.91. The number of amides is 1. The minimum atomic E-state index is -0.198.